The van der Waals surface area contributed by atoms with Gasteiger partial charge in [-0.05, 0) is 75.0 Å². The first-order valence-electron chi connectivity index (χ1n) is 12.5. The zero-order valence-corrected chi connectivity index (χ0v) is 20.8. The van der Waals surface area contributed by atoms with Gasteiger partial charge in [0.1, 0.15) is 11.4 Å². The molecule has 1 fully saturated rings. The van der Waals surface area contributed by atoms with E-state index in [0.717, 1.165) is 48.2 Å². The lowest BCUT2D eigenvalue weighted by atomic mass is 10.2. The molecule has 0 spiro atoms. The Morgan fingerprint density at radius 2 is 1.78 bits per heavy atom. The van der Waals surface area contributed by atoms with Crippen molar-refractivity contribution in [2.45, 2.75) is 64.9 Å². The molecule has 3 heterocycles. The summed E-state index contributed by atoms with van der Waals surface area (Å²) in [4.78, 5) is 26.2. The number of anilines is 2. The zero-order chi connectivity index (χ0) is 26.6. The van der Waals surface area contributed by atoms with Gasteiger partial charge in [-0.25, -0.2) is 0 Å². The monoisotopic (exact) mass is 517 g/mol. The van der Waals surface area contributed by atoms with Gasteiger partial charge < -0.3 is 19.9 Å². The topological polar surface area (TPSA) is 90.2 Å². The van der Waals surface area contributed by atoms with Crippen molar-refractivity contribution in [3.05, 3.63) is 74.4 Å². The maximum Gasteiger partial charge on any atom is 0.573 e. The molecule has 1 atom stereocenters. The third-order valence-corrected chi connectivity index (χ3v) is 6.32. The first-order chi connectivity index (χ1) is 17.8. The third kappa shape index (κ3) is 6.04. The number of benzene rings is 1. The van der Waals surface area contributed by atoms with Crippen LogP contribution in [0.25, 0.3) is 5.69 Å². The number of alkyl halides is 3. The molecule has 0 bridgehead atoms. The second kappa shape index (κ2) is 11.2. The molecule has 0 amide bonds. The SMILES string of the molecule is CC.O=c1c(Nc2nn(-c3ccc(OC(F)(F)F)cc3)c(=O)c3c2CCC3)cccn1CC1CCCN1. The fraction of sp³-hybridized carbons (Fsp3) is 0.423. The summed E-state index contributed by atoms with van der Waals surface area (Å²) in [6, 6.07) is 8.64. The van der Waals surface area contributed by atoms with Crippen LogP contribution in [0.15, 0.2) is 52.2 Å². The lowest BCUT2D eigenvalue weighted by molar-refractivity contribution is -0.274. The smallest absolute Gasteiger partial charge is 0.406 e. The molecule has 198 valence electrons. The Hall–Kier alpha value is -3.60. The van der Waals surface area contributed by atoms with Crippen LogP contribution >= 0.6 is 0 Å². The third-order valence-electron chi connectivity index (χ3n) is 6.32. The number of pyridine rings is 1. The molecule has 0 saturated carbocycles. The number of hydrogen-bond acceptors (Lipinski definition) is 6. The largest absolute Gasteiger partial charge is 0.573 e. The van der Waals surface area contributed by atoms with Crippen molar-refractivity contribution >= 4 is 11.5 Å². The standard InChI is InChI=1S/C24H24F3N5O3.C2H6/c25-24(26,27)35-17-10-8-16(9-11-17)32-22(33)19-6-1-5-18(19)21(30-32)29-20-7-3-13-31(23(20)34)14-15-4-2-12-28-15;1-2/h3,7-11,13,15,28H,1-2,4-6,12,14H2,(H,29,30);1-2H3. The molecule has 8 nitrogen and oxygen atoms in total. The number of aromatic nitrogens is 3. The Labute approximate surface area is 212 Å². The van der Waals surface area contributed by atoms with Crippen LogP contribution in [0.1, 0.15) is 44.2 Å². The molecule has 1 aliphatic heterocycles. The Morgan fingerprint density at radius 3 is 2.46 bits per heavy atom. The molecular formula is C26H30F3N5O3. The van der Waals surface area contributed by atoms with Gasteiger partial charge in [-0.3, -0.25) is 9.59 Å². The van der Waals surface area contributed by atoms with Gasteiger partial charge in [0.2, 0.25) is 0 Å². The lowest BCUT2D eigenvalue weighted by Crippen LogP contribution is -2.33. The second-order valence-corrected chi connectivity index (χ2v) is 8.72. The highest BCUT2D eigenvalue weighted by molar-refractivity contribution is 5.61. The number of nitrogens with one attached hydrogen (secondary N) is 2. The highest BCUT2D eigenvalue weighted by atomic mass is 19.4. The van der Waals surface area contributed by atoms with Crippen LogP contribution in [0.3, 0.4) is 0 Å². The molecule has 1 aromatic carbocycles. The quantitative estimate of drug-likeness (QED) is 0.507. The van der Waals surface area contributed by atoms with E-state index in [1.807, 2.05) is 13.8 Å². The van der Waals surface area contributed by atoms with Crippen LogP contribution in [0.5, 0.6) is 5.75 Å². The molecule has 2 aliphatic rings. The molecular weight excluding hydrogens is 487 g/mol. The molecule has 1 saturated heterocycles. The van der Waals surface area contributed by atoms with Crippen LogP contribution in [0, 0.1) is 0 Å². The lowest BCUT2D eigenvalue weighted by Gasteiger charge is -2.16. The van der Waals surface area contributed by atoms with Crippen molar-refractivity contribution in [2.24, 2.45) is 0 Å². The minimum Gasteiger partial charge on any atom is -0.406 e. The fourth-order valence-electron chi connectivity index (χ4n) is 4.69. The summed E-state index contributed by atoms with van der Waals surface area (Å²) in [5.41, 5.74) is 1.46. The summed E-state index contributed by atoms with van der Waals surface area (Å²) in [5.74, 6) is -0.00282. The minimum absolute atomic E-state index is 0.193. The Morgan fingerprint density at radius 1 is 1.05 bits per heavy atom. The highest BCUT2D eigenvalue weighted by Gasteiger charge is 2.31. The predicted molar refractivity (Wildman–Crippen MR) is 135 cm³/mol. The Balaban J connectivity index is 0.00000156. The van der Waals surface area contributed by atoms with Crippen LogP contribution in [0.4, 0.5) is 24.7 Å². The average Bonchev–Trinajstić information content (AvgIpc) is 3.57. The van der Waals surface area contributed by atoms with E-state index in [1.54, 1.807) is 22.9 Å². The number of fused-ring (bicyclic) bond motifs is 1. The maximum atomic E-state index is 13.1. The first kappa shape index (κ1) is 26.5. The number of rotatable bonds is 6. The number of ether oxygens (including phenoxy) is 1. The van der Waals surface area contributed by atoms with E-state index in [0.29, 0.717) is 42.1 Å². The molecule has 2 N–H and O–H groups in total. The van der Waals surface area contributed by atoms with Gasteiger partial charge in [-0.1, -0.05) is 13.8 Å². The van der Waals surface area contributed by atoms with Gasteiger partial charge in [-0.15, -0.1) is 18.3 Å². The maximum absolute atomic E-state index is 13.1. The van der Waals surface area contributed by atoms with Gasteiger partial charge in [0.25, 0.3) is 11.1 Å². The number of hydrogen-bond donors (Lipinski definition) is 2. The van der Waals surface area contributed by atoms with Crippen molar-refractivity contribution < 1.29 is 17.9 Å². The van der Waals surface area contributed by atoms with Gasteiger partial charge in [-0.2, -0.15) is 4.68 Å². The average molecular weight is 518 g/mol. The molecule has 5 rings (SSSR count). The van der Waals surface area contributed by atoms with Crippen LogP contribution < -0.4 is 26.5 Å². The van der Waals surface area contributed by atoms with Gasteiger partial charge in [0.15, 0.2) is 5.82 Å². The second-order valence-electron chi connectivity index (χ2n) is 8.72. The van der Waals surface area contributed by atoms with E-state index in [-0.39, 0.29) is 17.2 Å². The molecule has 11 heteroatoms. The van der Waals surface area contributed by atoms with Crippen molar-refractivity contribution in [3.63, 3.8) is 0 Å². The van der Waals surface area contributed by atoms with Crippen LogP contribution in [-0.4, -0.2) is 33.3 Å². The Bertz CT molecular complexity index is 1340. The highest BCUT2D eigenvalue weighted by Crippen LogP contribution is 2.28. The van der Waals surface area contributed by atoms with E-state index in [2.05, 4.69) is 20.5 Å². The summed E-state index contributed by atoms with van der Waals surface area (Å²) in [6.45, 7) is 5.50. The molecule has 1 aliphatic carbocycles. The van der Waals surface area contributed by atoms with Crippen molar-refractivity contribution in [1.29, 1.82) is 0 Å². The van der Waals surface area contributed by atoms with Crippen LogP contribution in [-0.2, 0) is 19.4 Å². The van der Waals surface area contributed by atoms with Gasteiger partial charge >= 0.3 is 6.36 Å². The van der Waals surface area contributed by atoms with E-state index in [1.165, 1.54) is 12.1 Å². The van der Waals surface area contributed by atoms with Gasteiger partial charge in [0, 0.05) is 29.9 Å². The van der Waals surface area contributed by atoms with E-state index in [9.17, 15) is 22.8 Å². The van der Waals surface area contributed by atoms with Crippen LogP contribution in [0.2, 0.25) is 0 Å². The first-order valence-corrected chi connectivity index (χ1v) is 12.5. The van der Waals surface area contributed by atoms with E-state index < -0.39 is 12.1 Å². The Kier molecular flexibility index (Phi) is 8.01. The predicted octanol–water partition coefficient (Wildman–Crippen LogP) is 4.30. The molecule has 3 aromatic rings. The number of halogens is 3. The molecule has 0 radical (unpaired) electrons. The normalized spacial score (nSPS) is 16.6. The van der Waals surface area contributed by atoms with E-state index in [4.69, 9.17) is 0 Å². The summed E-state index contributed by atoms with van der Waals surface area (Å²) < 4.78 is 44.2. The molecule has 1 unspecified atom stereocenters. The van der Waals surface area contributed by atoms with E-state index >= 15 is 0 Å². The van der Waals surface area contributed by atoms with Gasteiger partial charge in [0.05, 0.1) is 5.69 Å². The van der Waals surface area contributed by atoms with Crippen molar-refractivity contribution in [2.75, 3.05) is 11.9 Å². The minimum atomic E-state index is -4.81. The van der Waals surface area contributed by atoms with Crippen molar-refractivity contribution in [1.82, 2.24) is 19.7 Å². The molecule has 2 aromatic heterocycles. The molecule has 37 heavy (non-hydrogen) atoms. The number of nitrogens with zero attached hydrogens (tertiary/aromatic N) is 3. The van der Waals surface area contributed by atoms with Crippen molar-refractivity contribution in [3.8, 4) is 11.4 Å². The zero-order valence-electron chi connectivity index (χ0n) is 20.8. The fourth-order valence-corrected chi connectivity index (χ4v) is 4.69. The summed E-state index contributed by atoms with van der Waals surface area (Å²) in [6.07, 6.45) is 1.01. The summed E-state index contributed by atoms with van der Waals surface area (Å²) in [7, 11) is 0. The summed E-state index contributed by atoms with van der Waals surface area (Å²) >= 11 is 0. The summed E-state index contributed by atoms with van der Waals surface area (Å²) in [5, 5.41) is 11.0.